The molecular formula is C14H19BrFN. The van der Waals surface area contributed by atoms with Gasteiger partial charge in [0.2, 0.25) is 0 Å². The highest BCUT2D eigenvalue weighted by molar-refractivity contribution is 9.10. The highest BCUT2D eigenvalue weighted by Gasteiger charge is 2.34. The maximum absolute atomic E-state index is 14.0. The number of benzene rings is 1. The third-order valence-electron chi connectivity index (χ3n) is 4.05. The molecule has 1 saturated carbocycles. The second-order valence-electron chi connectivity index (χ2n) is 5.10. The van der Waals surface area contributed by atoms with Crippen LogP contribution in [0, 0.1) is 12.7 Å². The Kier molecular flexibility index (Phi) is 3.88. The molecule has 0 radical (unpaired) electrons. The minimum Gasteiger partial charge on any atom is -0.330 e. The molecule has 0 saturated heterocycles. The maximum atomic E-state index is 14.0. The van der Waals surface area contributed by atoms with E-state index in [9.17, 15) is 4.39 Å². The summed E-state index contributed by atoms with van der Waals surface area (Å²) in [4.78, 5) is 0. The standard InChI is InChI=1S/C14H19BrFN/c1-10-5-6-11(12(15)13(10)16)14(9-17)7-3-2-4-8-14/h5-6H,2-4,7-9,17H2,1H3. The molecule has 0 aliphatic heterocycles. The number of rotatable bonds is 2. The van der Waals surface area contributed by atoms with Crippen LogP contribution in [0.4, 0.5) is 4.39 Å². The van der Waals surface area contributed by atoms with Crippen molar-refractivity contribution in [2.24, 2.45) is 5.73 Å². The van der Waals surface area contributed by atoms with Crippen molar-refractivity contribution in [1.82, 2.24) is 0 Å². The van der Waals surface area contributed by atoms with Crippen LogP contribution in [0.5, 0.6) is 0 Å². The van der Waals surface area contributed by atoms with Crippen LogP contribution >= 0.6 is 15.9 Å². The Bertz CT molecular complexity index is 411. The summed E-state index contributed by atoms with van der Waals surface area (Å²) in [5.74, 6) is -0.138. The van der Waals surface area contributed by atoms with Crippen LogP contribution in [0.3, 0.4) is 0 Å². The summed E-state index contributed by atoms with van der Waals surface area (Å²) in [5.41, 5.74) is 7.70. The molecule has 0 spiro atoms. The van der Waals surface area contributed by atoms with Crippen LogP contribution in [-0.2, 0) is 5.41 Å². The van der Waals surface area contributed by atoms with E-state index in [0.717, 1.165) is 18.4 Å². The zero-order valence-corrected chi connectivity index (χ0v) is 11.8. The van der Waals surface area contributed by atoms with E-state index < -0.39 is 0 Å². The summed E-state index contributed by atoms with van der Waals surface area (Å²) >= 11 is 3.41. The average Bonchev–Trinajstić information content (AvgIpc) is 2.37. The summed E-state index contributed by atoms with van der Waals surface area (Å²) in [6.07, 6.45) is 5.81. The first-order valence-electron chi connectivity index (χ1n) is 6.26. The van der Waals surface area contributed by atoms with Gasteiger partial charge < -0.3 is 5.73 Å². The van der Waals surface area contributed by atoms with E-state index in [0.29, 0.717) is 16.6 Å². The lowest BCUT2D eigenvalue weighted by atomic mass is 9.69. The first-order chi connectivity index (χ1) is 8.10. The van der Waals surface area contributed by atoms with Crippen molar-refractivity contribution in [2.45, 2.75) is 44.4 Å². The Morgan fingerprint density at radius 3 is 2.53 bits per heavy atom. The third kappa shape index (κ3) is 2.27. The predicted molar refractivity (Wildman–Crippen MR) is 72.7 cm³/mol. The summed E-state index contributed by atoms with van der Waals surface area (Å²) in [6.45, 7) is 2.40. The minimum atomic E-state index is -0.138. The number of hydrogen-bond acceptors (Lipinski definition) is 1. The highest BCUT2D eigenvalue weighted by Crippen LogP contribution is 2.42. The van der Waals surface area contributed by atoms with Crippen molar-refractivity contribution in [2.75, 3.05) is 6.54 Å². The number of halogens is 2. The lowest BCUT2D eigenvalue weighted by Crippen LogP contribution is -2.37. The summed E-state index contributed by atoms with van der Waals surface area (Å²) in [7, 11) is 0. The van der Waals surface area contributed by atoms with Crippen molar-refractivity contribution in [3.63, 3.8) is 0 Å². The highest BCUT2D eigenvalue weighted by atomic mass is 79.9. The molecule has 2 N–H and O–H groups in total. The van der Waals surface area contributed by atoms with Gasteiger partial charge in [-0.05, 0) is 46.8 Å². The van der Waals surface area contributed by atoms with E-state index in [1.807, 2.05) is 12.1 Å². The van der Waals surface area contributed by atoms with Gasteiger partial charge in [-0.1, -0.05) is 31.4 Å². The molecule has 3 heteroatoms. The van der Waals surface area contributed by atoms with Gasteiger partial charge in [-0.2, -0.15) is 0 Å². The number of nitrogens with two attached hydrogens (primary N) is 1. The summed E-state index contributed by atoms with van der Waals surface area (Å²) in [6, 6.07) is 3.90. The second kappa shape index (κ2) is 5.07. The first-order valence-corrected chi connectivity index (χ1v) is 7.05. The molecule has 1 fully saturated rings. The van der Waals surface area contributed by atoms with E-state index in [4.69, 9.17) is 5.73 Å². The molecule has 0 amide bonds. The molecule has 1 aliphatic rings. The van der Waals surface area contributed by atoms with Crippen LogP contribution in [-0.4, -0.2) is 6.54 Å². The topological polar surface area (TPSA) is 26.0 Å². The van der Waals surface area contributed by atoms with Gasteiger partial charge in [0.25, 0.3) is 0 Å². The van der Waals surface area contributed by atoms with E-state index in [1.165, 1.54) is 19.3 Å². The summed E-state index contributed by atoms with van der Waals surface area (Å²) in [5, 5.41) is 0. The van der Waals surface area contributed by atoms with Crippen LogP contribution in [0.15, 0.2) is 16.6 Å². The van der Waals surface area contributed by atoms with Crippen molar-refractivity contribution in [3.8, 4) is 0 Å². The molecule has 0 unspecified atom stereocenters. The molecule has 1 aromatic carbocycles. The normalized spacial score (nSPS) is 19.3. The van der Waals surface area contributed by atoms with Gasteiger partial charge in [0, 0.05) is 12.0 Å². The first kappa shape index (κ1) is 13.0. The lowest BCUT2D eigenvalue weighted by molar-refractivity contribution is 0.298. The average molecular weight is 300 g/mol. The van der Waals surface area contributed by atoms with E-state index in [1.54, 1.807) is 6.92 Å². The Morgan fingerprint density at radius 2 is 1.94 bits per heavy atom. The van der Waals surface area contributed by atoms with Crippen LogP contribution in [0.25, 0.3) is 0 Å². The van der Waals surface area contributed by atoms with E-state index in [2.05, 4.69) is 15.9 Å². The Balaban J connectivity index is 2.47. The molecule has 1 aliphatic carbocycles. The fourth-order valence-electron chi connectivity index (χ4n) is 2.87. The van der Waals surface area contributed by atoms with Gasteiger partial charge in [-0.25, -0.2) is 4.39 Å². The van der Waals surface area contributed by atoms with Gasteiger partial charge in [0.15, 0.2) is 0 Å². The Hall–Kier alpha value is -0.410. The second-order valence-corrected chi connectivity index (χ2v) is 5.90. The molecule has 0 aromatic heterocycles. The van der Waals surface area contributed by atoms with Gasteiger partial charge >= 0.3 is 0 Å². The molecule has 1 nitrogen and oxygen atoms in total. The molecule has 0 heterocycles. The minimum absolute atomic E-state index is 0.0222. The van der Waals surface area contributed by atoms with Crippen LogP contribution in [0.2, 0.25) is 0 Å². The molecule has 0 bridgehead atoms. The van der Waals surface area contributed by atoms with E-state index >= 15 is 0 Å². The van der Waals surface area contributed by atoms with Crippen LogP contribution in [0.1, 0.15) is 43.2 Å². The zero-order valence-electron chi connectivity index (χ0n) is 10.2. The van der Waals surface area contributed by atoms with Crippen molar-refractivity contribution in [3.05, 3.63) is 33.5 Å². The van der Waals surface area contributed by atoms with Crippen molar-refractivity contribution < 1.29 is 4.39 Å². The van der Waals surface area contributed by atoms with Gasteiger partial charge in [-0.15, -0.1) is 0 Å². The summed E-state index contributed by atoms with van der Waals surface area (Å²) < 4.78 is 14.6. The van der Waals surface area contributed by atoms with Gasteiger partial charge in [0.05, 0.1) is 4.47 Å². The number of aryl methyl sites for hydroxylation is 1. The fraction of sp³-hybridized carbons (Fsp3) is 0.571. The fourth-order valence-corrected chi connectivity index (χ4v) is 3.73. The SMILES string of the molecule is Cc1ccc(C2(CN)CCCCC2)c(Br)c1F. The molecule has 2 rings (SSSR count). The van der Waals surface area contributed by atoms with Crippen molar-refractivity contribution >= 4 is 15.9 Å². The lowest BCUT2D eigenvalue weighted by Gasteiger charge is -2.37. The van der Waals surface area contributed by atoms with Gasteiger partial charge in [-0.3, -0.25) is 0 Å². The van der Waals surface area contributed by atoms with E-state index in [-0.39, 0.29) is 11.2 Å². The quantitative estimate of drug-likeness (QED) is 0.876. The largest absolute Gasteiger partial charge is 0.330 e. The maximum Gasteiger partial charge on any atom is 0.140 e. The Morgan fingerprint density at radius 1 is 1.29 bits per heavy atom. The molecule has 17 heavy (non-hydrogen) atoms. The Labute approximate surface area is 111 Å². The van der Waals surface area contributed by atoms with Gasteiger partial charge in [0.1, 0.15) is 5.82 Å². The van der Waals surface area contributed by atoms with Crippen LogP contribution < -0.4 is 5.73 Å². The zero-order chi connectivity index (χ0) is 12.5. The number of hydrogen-bond donors (Lipinski definition) is 1. The van der Waals surface area contributed by atoms with Crippen molar-refractivity contribution in [1.29, 1.82) is 0 Å². The third-order valence-corrected chi connectivity index (χ3v) is 4.82. The molecule has 0 atom stereocenters. The predicted octanol–water partition coefficient (Wildman–Crippen LogP) is 4.06. The monoisotopic (exact) mass is 299 g/mol. The molecule has 94 valence electrons. The smallest absolute Gasteiger partial charge is 0.140 e. The molecular weight excluding hydrogens is 281 g/mol. The molecule has 1 aromatic rings.